The summed E-state index contributed by atoms with van der Waals surface area (Å²) in [5.41, 5.74) is 1.84. The molecule has 1 unspecified atom stereocenters. The lowest BCUT2D eigenvalue weighted by atomic mass is 10.0. The minimum atomic E-state index is -0.235. The fourth-order valence-electron chi connectivity index (χ4n) is 1.89. The molecule has 1 aromatic heterocycles. The summed E-state index contributed by atoms with van der Waals surface area (Å²) in [6.07, 6.45) is 1.74. The van der Waals surface area contributed by atoms with Crippen molar-refractivity contribution >= 4 is 15.9 Å². The number of halogens is 2. The van der Waals surface area contributed by atoms with Gasteiger partial charge in [-0.2, -0.15) is 5.10 Å². The highest BCUT2D eigenvalue weighted by atomic mass is 79.9. The smallest absolute Gasteiger partial charge is 0.123 e. The molecule has 0 aliphatic rings. The first-order chi connectivity index (χ1) is 8.13. The zero-order valence-electron chi connectivity index (χ0n) is 9.61. The van der Waals surface area contributed by atoms with E-state index in [4.69, 9.17) is 0 Å². The molecule has 5 heteroatoms. The number of nitrogens with one attached hydrogen (secondary N) is 1. The molecule has 0 spiro atoms. The lowest BCUT2D eigenvalue weighted by Crippen LogP contribution is -2.21. The average molecular weight is 298 g/mol. The summed E-state index contributed by atoms with van der Waals surface area (Å²) >= 11 is 3.46. The predicted octanol–water partition coefficient (Wildman–Crippen LogP) is 2.63. The van der Waals surface area contributed by atoms with Gasteiger partial charge >= 0.3 is 0 Å². The van der Waals surface area contributed by atoms with Gasteiger partial charge in [0.1, 0.15) is 5.82 Å². The number of aromatic nitrogens is 2. The largest absolute Gasteiger partial charge is 0.308 e. The van der Waals surface area contributed by atoms with E-state index in [0.717, 1.165) is 15.7 Å². The Labute approximate surface area is 108 Å². The van der Waals surface area contributed by atoms with Crippen molar-refractivity contribution < 1.29 is 4.39 Å². The van der Waals surface area contributed by atoms with E-state index in [1.807, 2.05) is 20.2 Å². The topological polar surface area (TPSA) is 29.9 Å². The molecular weight excluding hydrogens is 285 g/mol. The second kappa shape index (κ2) is 4.98. The lowest BCUT2D eigenvalue weighted by molar-refractivity contribution is 0.590. The summed E-state index contributed by atoms with van der Waals surface area (Å²) in [4.78, 5) is 0. The summed E-state index contributed by atoms with van der Waals surface area (Å²) in [6.45, 7) is 0. The lowest BCUT2D eigenvalue weighted by Gasteiger charge is -2.17. The Morgan fingerprint density at radius 1 is 1.47 bits per heavy atom. The van der Waals surface area contributed by atoms with E-state index in [1.54, 1.807) is 16.9 Å². The normalized spacial score (nSPS) is 12.7. The molecule has 0 saturated heterocycles. The maximum atomic E-state index is 13.2. The van der Waals surface area contributed by atoms with E-state index in [1.165, 1.54) is 12.1 Å². The van der Waals surface area contributed by atoms with Gasteiger partial charge in [0.2, 0.25) is 0 Å². The van der Waals surface area contributed by atoms with Gasteiger partial charge in [0.15, 0.2) is 0 Å². The van der Waals surface area contributed by atoms with Crippen LogP contribution in [-0.2, 0) is 7.05 Å². The highest BCUT2D eigenvalue weighted by molar-refractivity contribution is 9.10. The number of benzene rings is 1. The first-order valence-corrected chi connectivity index (χ1v) is 6.03. The van der Waals surface area contributed by atoms with Crippen LogP contribution in [0.5, 0.6) is 0 Å². The standard InChI is InChI=1S/C12H13BrFN3/c1-15-11(8-4-3-5-9(14)6-8)12-10(13)7-16-17(12)2/h3-7,11,15H,1-2H3. The highest BCUT2D eigenvalue weighted by Crippen LogP contribution is 2.27. The van der Waals surface area contributed by atoms with Crippen molar-refractivity contribution in [2.24, 2.45) is 7.05 Å². The van der Waals surface area contributed by atoms with Crippen LogP contribution in [0.3, 0.4) is 0 Å². The van der Waals surface area contributed by atoms with Crippen molar-refractivity contribution in [3.8, 4) is 0 Å². The van der Waals surface area contributed by atoms with Crippen molar-refractivity contribution in [2.45, 2.75) is 6.04 Å². The molecule has 2 rings (SSSR count). The highest BCUT2D eigenvalue weighted by Gasteiger charge is 2.19. The molecule has 1 atom stereocenters. The molecule has 3 nitrogen and oxygen atoms in total. The number of hydrogen-bond acceptors (Lipinski definition) is 2. The van der Waals surface area contributed by atoms with Crippen molar-refractivity contribution in [1.82, 2.24) is 15.1 Å². The first kappa shape index (κ1) is 12.3. The second-order valence-electron chi connectivity index (χ2n) is 3.78. The number of nitrogens with zero attached hydrogens (tertiary/aromatic N) is 2. The number of hydrogen-bond donors (Lipinski definition) is 1. The van der Waals surface area contributed by atoms with Crippen LogP contribution in [0.2, 0.25) is 0 Å². The summed E-state index contributed by atoms with van der Waals surface area (Å²) in [6, 6.07) is 6.48. The van der Waals surface area contributed by atoms with Crippen molar-refractivity contribution in [1.29, 1.82) is 0 Å². The molecule has 0 fully saturated rings. The van der Waals surface area contributed by atoms with Gasteiger partial charge in [-0.3, -0.25) is 4.68 Å². The molecule has 2 aromatic rings. The molecule has 0 aliphatic heterocycles. The van der Waals surface area contributed by atoms with Crippen LogP contribution in [0, 0.1) is 5.82 Å². The second-order valence-corrected chi connectivity index (χ2v) is 4.63. The molecule has 1 aromatic carbocycles. The van der Waals surface area contributed by atoms with E-state index in [-0.39, 0.29) is 11.9 Å². The van der Waals surface area contributed by atoms with Gasteiger partial charge in [-0.1, -0.05) is 12.1 Å². The van der Waals surface area contributed by atoms with Crippen molar-refractivity contribution in [3.05, 3.63) is 52.0 Å². The number of aryl methyl sites for hydroxylation is 1. The Hall–Kier alpha value is -1.20. The van der Waals surface area contributed by atoms with Crippen LogP contribution in [-0.4, -0.2) is 16.8 Å². The van der Waals surface area contributed by atoms with Crippen molar-refractivity contribution in [2.75, 3.05) is 7.05 Å². The third kappa shape index (κ3) is 2.40. The van der Waals surface area contributed by atoms with Crippen molar-refractivity contribution in [3.63, 3.8) is 0 Å². The molecule has 0 bridgehead atoms. The van der Waals surface area contributed by atoms with E-state index in [9.17, 15) is 4.39 Å². The minimum absolute atomic E-state index is 0.0902. The summed E-state index contributed by atoms with van der Waals surface area (Å²) in [5, 5.41) is 7.34. The van der Waals surface area contributed by atoms with Gasteiger partial charge in [0.25, 0.3) is 0 Å². The zero-order valence-corrected chi connectivity index (χ0v) is 11.2. The molecule has 90 valence electrons. The van der Waals surface area contributed by atoms with E-state index in [2.05, 4.69) is 26.3 Å². The van der Waals surface area contributed by atoms with Crippen LogP contribution in [0.1, 0.15) is 17.3 Å². The predicted molar refractivity (Wildman–Crippen MR) is 68.2 cm³/mol. The molecule has 17 heavy (non-hydrogen) atoms. The molecule has 0 radical (unpaired) electrons. The van der Waals surface area contributed by atoms with E-state index in [0.29, 0.717) is 0 Å². The summed E-state index contributed by atoms with van der Waals surface area (Å²) in [7, 11) is 3.71. The quantitative estimate of drug-likeness (QED) is 0.944. The fraction of sp³-hybridized carbons (Fsp3) is 0.250. The van der Waals surface area contributed by atoms with Crippen LogP contribution in [0.4, 0.5) is 4.39 Å². The van der Waals surface area contributed by atoms with Crippen LogP contribution in [0.25, 0.3) is 0 Å². The molecular formula is C12H13BrFN3. The Morgan fingerprint density at radius 3 is 2.76 bits per heavy atom. The average Bonchev–Trinajstić information content (AvgIpc) is 2.62. The van der Waals surface area contributed by atoms with Gasteiger partial charge in [-0.05, 0) is 40.7 Å². The number of rotatable bonds is 3. The van der Waals surface area contributed by atoms with E-state index < -0.39 is 0 Å². The zero-order chi connectivity index (χ0) is 12.4. The first-order valence-electron chi connectivity index (χ1n) is 5.23. The van der Waals surface area contributed by atoms with Gasteiger partial charge in [-0.25, -0.2) is 4.39 Å². The summed E-state index contributed by atoms with van der Waals surface area (Å²) < 4.78 is 15.9. The Kier molecular flexibility index (Phi) is 3.59. The minimum Gasteiger partial charge on any atom is -0.308 e. The van der Waals surface area contributed by atoms with Gasteiger partial charge in [0, 0.05) is 7.05 Å². The molecule has 0 amide bonds. The maximum Gasteiger partial charge on any atom is 0.123 e. The summed E-state index contributed by atoms with van der Waals surface area (Å²) in [5.74, 6) is -0.235. The third-order valence-electron chi connectivity index (χ3n) is 2.68. The molecule has 1 N–H and O–H groups in total. The van der Waals surface area contributed by atoms with Gasteiger partial charge in [-0.15, -0.1) is 0 Å². The Morgan fingerprint density at radius 2 is 2.24 bits per heavy atom. The third-order valence-corrected chi connectivity index (χ3v) is 3.29. The molecule has 0 saturated carbocycles. The maximum absolute atomic E-state index is 13.2. The molecule has 0 aliphatic carbocycles. The fourth-order valence-corrected chi connectivity index (χ4v) is 2.47. The van der Waals surface area contributed by atoms with Crippen LogP contribution in [0.15, 0.2) is 34.9 Å². The van der Waals surface area contributed by atoms with Crippen LogP contribution >= 0.6 is 15.9 Å². The SMILES string of the molecule is CNC(c1cccc(F)c1)c1c(Br)cnn1C. The Bertz CT molecular complexity index is 505. The van der Waals surface area contributed by atoms with Crippen LogP contribution < -0.4 is 5.32 Å². The molecule has 1 heterocycles. The Balaban J connectivity index is 2.47. The van der Waals surface area contributed by atoms with E-state index >= 15 is 0 Å². The van der Waals surface area contributed by atoms with Gasteiger partial charge in [0.05, 0.1) is 22.4 Å². The monoisotopic (exact) mass is 297 g/mol. The van der Waals surface area contributed by atoms with Gasteiger partial charge < -0.3 is 5.32 Å².